The average Bonchev–Trinajstić information content (AvgIpc) is 2.44. The third-order valence-electron chi connectivity index (χ3n) is 4.01. The lowest BCUT2D eigenvalue weighted by Gasteiger charge is -2.33. The first-order valence-corrected chi connectivity index (χ1v) is 8.30. The quantitative estimate of drug-likeness (QED) is 0.856. The molecule has 1 fully saturated rings. The van der Waals surface area contributed by atoms with Crippen molar-refractivity contribution in [3.63, 3.8) is 0 Å². The second-order valence-electron chi connectivity index (χ2n) is 6.51. The molecule has 4 heteroatoms. The molecule has 1 aromatic rings. The fraction of sp³-hybridized carbons (Fsp3) is 0.647. The van der Waals surface area contributed by atoms with Crippen LogP contribution in [-0.4, -0.2) is 31.1 Å². The summed E-state index contributed by atoms with van der Waals surface area (Å²) in [7, 11) is 0. The van der Waals surface area contributed by atoms with Crippen molar-refractivity contribution in [2.75, 3.05) is 26.2 Å². The van der Waals surface area contributed by atoms with E-state index in [1.165, 1.54) is 12.8 Å². The van der Waals surface area contributed by atoms with Crippen LogP contribution in [0.4, 0.5) is 4.39 Å². The summed E-state index contributed by atoms with van der Waals surface area (Å²) in [5.74, 6) is 1.09. The van der Waals surface area contributed by atoms with Crippen LogP contribution in [0.1, 0.15) is 32.3 Å². The van der Waals surface area contributed by atoms with Crippen LogP contribution in [0, 0.1) is 17.7 Å². The van der Waals surface area contributed by atoms with Crippen molar-refractivity contribution >= 4 is 11.6 Å². The second-order valence-corrected chi connectivity index (χ2v) is 6.92. The number of piperidine rings is 1. The molecule has 0 aliphatic carbocycles. The lowest BCUT2D eigenvalue weighted by Crippen LogP contribution is -2.40. The Kier molecular flexibility index (Phi) is 6.46. The molecule has 0 amide bonds. The fourth-order valence-corrected chi connectivity index (χ4v) is 3.14. The van der Waals surface area contributed by atoms with Gasteiger partial charge >= 0.3 is 0 Å². The summed E-state index contributed by atoms with van der Waals surface area (Å²) < 4.78 is 14.0. The number of nitrogens with zero attached hydrogens (tertiary/aromatic N) is 1. The van der Waals surface area contributed by atoms with Gasteiger partial charge in [0.25, 0.3) is 0 Å². The van der Waals surface area contributed by atoms with Crippen LogP contribution in [-0.2, 0) is 6.54 Å². The molecular weight excluding hydrogens is 287 g/mol. The van der Waals surface area contributed by atoms with Crippen molar-refractivity contribution in [3.05, 3.63) is 34.6 Å². The molecule has 1 saturated heterocycles. The lowest BCUT2D eigenvalue weighted by atomic mass is 9.97. The van der Waals surface area contributed by atoms with Gasteiger partial charge in [-0.3, -0.25) is 4.90 Å². The molecule has 0 spiro atoms. The van der Waals surface area contributed by atoms with E-state index >= 15 is 0 Å². The summed E-state index contributed by atoms with van der Waals surface area (Å²) in [4.78, 5) is 2.35. The smallest absolute Gasteiger partial charge is 0.146 e. The van der Waals surface area contributed by atoms with Gasteiger partial charge in [-0.2, -0.15) is 0 Å². The summed E-state index contributed by atoms with van der Waals surface area (Å²) >= 11 is 5.85. The van der Waals surface area contributed by atoms with E-state index in [1.54, 1.807) is 6.07 Å². The number of rotatable bonds is 6. The number of hydrogen-bond acceptors (Lipinski definition) is 2. The van der Waals surface area contributed by atoms with Crippen LogP contribution >= 0.6 is 11.6 Å². The van der Waals surface area contributed by atoms with E-state index in [-0.39, 0.29) is 10.8 Å². The molecule has 118 valence electrons. The zero-order chi connectivity index (χ0) is 15.2. The minimum absolute atomic E-state index is 0.222. The Balaban J connectivity index is 1.85. The zero-order valence-corrected chi connectivity index (χ0v) is 13.8. The molecule has 1 aliphatic rings. The van der Waals surface area contributed by atoms with Crippen molar-refractivity contribution in [3.8, 4) is 0 Å². The van der Waals surface area contributed by atoms with Gasteiger partial charge < -0.3 is 5.32 Å². The van der Waals surface area contributed by atoms with Crippen LogP contribution in [0.2, 0.25) is 5.02 Å². The highest BCUT2D eigenvalue weighted by Crippen LogP contribution is 2.22. The van der Waals surface area contributed by atoms with E-state index in [9.17, 15) is 4.39 Å². The fourth-order valence-electron chi connectivity index (χ4n) is 2.95. The first-order chi connectivity index (χ1) is 10.1. The predicted molar refractivity (Wildman–Crippen MR) is 87.1 cm³/mol. The van der Waals surface area contributed by atoms with E-state index in [2.05, 4.69) is 24.1 Å². The van der Waals surface area contributed by atoms with E-state index in [0.29, 0.717) is 23.9 Å². The maximum absolute atomic E-state index is 14.0. The Hall–Kier alpha value is -0.640. The van der Waals surface area contributed by atoms with Gasteiger partial charge in [0.2, 0.25) is 0 Å². The van der Waals surface area contributed by atoms with Crippen LogP contribution in [0.3, 0.4) is 0 Å². The van der Waals surface area contributed by atoms with E-state index in [1.807, 2.05) is 12.1 Å². The largest absolute Gasteiger partial charge is 0.316 e. The van der Waals surface area contributed by atoms with Crippen LogP contribution in [0.5, 0.6) is 0 Å². The zero-order valence-electron chi connectivity index (χ0n) is 13.0. The molecular formula is C17H26ClFN2. The second kappa shape index (κ2) is 8.11. The highest BCUT2D eigenvalue weighted by atomic mass is 35.5. The lowest BCUT2D eigenvalue weighted by molar-refractivity contribution is 0.163. The van der Waals surface area contributed by atoms with Crippen LogP contribution in [0.25, 0.3) is 0 Å². The monoisotopic (exact) mass is 312 g/mol. The molecule has 1 N–H and O–H groups in total. The van der Waals surface area contributed by atoms with Gasteiger partial charge in [-0.15, -0.1) is 0 Å². The highest BCUT2D eigenvalue weighted by molar-refractivity contribution is 6.30. The number of nitrogens with one attached hydrogen (secondary N) is 1. The normalized spacial score (nSPS) is 20.1. The highest BCUT2D eigenvalue weighted by Gasteiger charge is 2.21. The number of hydrogen-bond donors (Lipinski definition) is 1. The molecule has 0 aromatic heterocycles. The molecule has 1 heterocycles. The number of benzene rings is 1. The van der Waals surface area contributed by atoms with Crippen molar-refractivity contribution in [1.82, 2.24) is 10.2 Å². The molecule has 1 aliphatic heterocycles. The standard InChI is InChI=1S/C17H26ClFN2/c1-13(2)9-20-10-14-5-4-8-21(11-14)12-15-6-3-7-16(18)17(15)19/h3,6-7,13-14,20H,4-5,8-12H2,1-2H3. The molecule has 1 unspecified atom stereocenters. The molecule has 2 rings (SSSR count). The van der Waals surface area contributed by atoms with Gasteiger partial charge in [0.15, 0.2) is 0 Å². The van der Waals surface area contributed by atoms with Crippen molar-refractivity contribution < 1.29 is 4.39 Å². The minimum Gasteiger partial charge on any atom is -0.316 e. The summed E-state index contributed by atoms with van der Waals surface area (Å²) in [6.07, 6.45) is 2.45. The van der Waals surface area contributed by atoms with Gasteiger partial charge in [-0.1, -0.05) is 37.6 Å². The first kappa shape index (κ1) is 16.7. The number of halogens is 2. The third-order valence-corrected chi connectivity index (χ3v) is 4.31. The Morgan fingerprint density at radius 2 is 2.24 bits per heavy atom. The number of likely N-dealkylation sites (tertiary alicyclic amines) is 1. The molecule has 21 heavy (non-hydrogen) atoms. The van der Waals surface area contributed by atoms with E-state index in [0.717, 1.165) is 26.2 Å². The molecule has 1 aromatic carbocycles. The minimum atomic E-state index is -0.265. The summed E-state index contributed by atoms with van der Waals surface area (Å²) in [5.41, 5.74) is 0.707. The maximum Gasteiger partial charge on any atom is 0.146 e. The van der Waals surface area contributed by atoms with Gasteiger partial charge in [-0.05, 0) is 50.4 Å². The van der Waals surface area contributed by atoms with Gasteiger partial charge in [0, 0.05) is 18.7 Å². The Labute approximate surface area is 132 Å². The Morgan fingerprint density at radius 3 is 3.00 bits per heavy atom. The maximum atomic E-state index is 14.0. The third kappa shape index (κ3) is 5.24. The van der Waals surface area contributed by atoms with E-state index < -0.39 is 0 Å². The Bertz CT molecular complexity index is 450. The first-order valence-electron chi connectivity index (χ1n) is 7.92. The SMILES string of the molecule is CC(C)CNCC1CCCN(Cc2cccc(Cl)c2F)C1. The van der Waals surface area contributed by atoms with Crippen LogP contribution < -0.4 is 5.32 Å². The summed E-state index contributed by atoms with van der Waals surface area (Å²) in [6.45, 7) is 9.33. The molecule has 0 bridgehead atoms. The van der Waals surface area contributed by atoms with Crippen LogP contribution in [0.15, 0.2) is 18.2 Å². The van der Waals surface area contributed by atoms with Gasteiger partial charge in [0.1, 0.15) is 5.82 Å². The van der Waals surface area contributed by atoms with Crippen molar-refractivity contribution in [2.24, 2.45) is 11.8 Å². The molecule has 0 saturated carbocycles. The summed E-state index contributed by atoms with van der Waals surface area (Å²) in [6, 6.07) is 5.27. The Morgan fingerprint density at radius 1 is 1.43 bits per heavy atom. The topological polar surface area (TPSA) is 15.3 Å². The van der Waals surface area contributed by atoms with Gasteiger partial charge in [-0.25, -0.2) is 4.39 Å². The average molecular weight is 313 g/mol. The van der Waals surface area contributed by atoms with E-state index in [4.69, 9.17) is 11.6 Å². The molecule has 0 radical (unpaired) electrons. The molecule has 1 atom stereocenters. The molecule has 2 nitrogen and oxygen atoms in total. The predicted octanol–water partition coefficient (Wildman–Crippen LogP) is 3.94. The summed E-state index contributed by atoms with van der Waals surface area (Å²) in [5, 5.41) is 3.76. The van der Waals surface area contributed by atoms with Gasteiger partial charge in [0.05, 0.1) is 5.02 Å². The van der Waals surface area contributed by atoms with Crippen molar-refractivity contribution in [2.45, 2.75) is 33.2 Å². The van der Waals surface area contributed by atoms with Crippen molar-refractivity contribution in [1.29, 1.82) is 0 Å².